The molecule has 1 N–H and O–H groups in total. The molecule has 9 nitrogen and oxygen atoms in total. The molecule has 0 aromatic carbocycles. The lowest BCUT2D eigenvalue weighted by Gasteiger charge is -2.35. The van der Waals surface area contributed by atoms with Gasteiger partial charge < -0.3 is 19.9 Å². The SMILES string of the molecule is Cc1nc(N(C)C)sc1-c1nc(Nc2ccc(N3CCN(CC=O)CC3)cn2)ncc1F. The third-order valence-electron chi connectivity index (χ3n) is 5.18. The number of carbonyl (C=O) groups excluding carboxylic acids is 1. The maximum atomic E-state index is 14.5. The summed E-state index contributed by atoms with van der Waals surface area (Å²) in [5.41, 5.74) is 1.95. The Morgan fingerprint density at radius 2 is 1.94 bits per heavy atom. The number of hydrogen-bond donors (Lipinski definition) is 1. The van der Waals surface area contributed by atoms with Gasteiger partial charge in [0.1, 0.15) is 17.8 Å². The minimum absolute atomic E-state index is 0.218. The molecule has 0 aliphatic carbocycles. The van der Waals surface area contributed by atoms with E-state index in [4.69, 9.17) is 0 Å². The maximum absolute atomic E-state index is 14.5. The summed E-state index contributed by atoms with van der Waals surface area (Å²) in [7, 11) is 3.79. The Labute approximate surface area is 189 Å². The smallest absolute Gasteiger partial charge is 0.229 e. The van der Waals surface area contributed by atoms with Crippen molar-refractivity contribution in [3.63, 3.8) is 0 Å². The number of nitrogens with zero attached hydrogens (tertiary/aromatic N) is 7. The summed E-state index contributed by atoms with van der Waals surface area (Å²) < 4.78 is 14.5. The fourth-order valence-electron chi connectivity index (χ4n) is 3.44. The normalized spacial score (nSPS) is 14.4. The van der Waals surface area contributed by atoms with E-state index in [2.05, 4.69) is 35.1 Å². The van der Waals surface area contributed by atoms with Gasteiger partial charge in [-0.05, 0) is 19.1 Å². The van der Waals surface area contributed by atoms with Gasteiger partial charge in [0.25, 0.3) is 0 Å². The van der Waals surface area contributed by atoms with Gasteiger partial charge in [-0.1, -0.05) is 11.3 Å². The average molecular weight is 457 g/mol. The van der Waals surface area contributed by atoms with Crippen LogP contribution in [0.3, 0.4) is 0 Å². The molecular formula is C21H25FN8OS. The molecule has 4 heterocycles. The van der Waals surface area contributed by atoms with Crippen molar-refractivity contribution in [2.45, 2.75) is 6.92 Å². The predicted molar refractivity (Wildman–Crippen MR) is 124 cm³/mol. The van der Waals surface area contributed by atoms with Crippen molar-refractivity contribution in [2.24, 2.45) is 0 Å². The zero-order valence-electron chi connectivity index (χ0n) is 18.2. The van der Waals surface area contributed by atoms with Gasteiger partial charge >= 0.3 is 0 Å². The van der Waals surface area contributed by atoms with Gasteiger partial charge in [0.05, 0.1) is 35.2 Å². The summed E-state index contributed by atoms with van der Waals surface area (Å²) >= 11 is 1.38. The van der Waals surface area contributed by atoms with E-state index >= 15 is 0 Å². The molecule has 0 saturated carbocycles. The van der Waals surface area contributed by atoms with Crippen molar-refractivity contribution in [3.8, 4) is 10.6 Å². The number of halogens is 1. The van der Waals surface area contributed by atoms with Crippen molar-refractivity contribution in [1.29, 1.82) is 0 Å². The van der Waals surface area contributed by atoms with Crippen molar-refractivity contribution in [2.75, 3.05) is 61.9 Å². The zero-order chi connectivity index (χ0) is 22.7. The molecule has 0 unspecified atom stereocenters. The molecule has 0 radical (unpaired) electrons. The van der Waals surface area contributed by atoms with Crippen molar-refractivity contribution in [1.82, 2.24) is 24.8 Å². The van der Waals surface area contributed by atoms with Crippen LogP contribution < -0.4 is 15.1 Å². The summed E-state index contributed by atoms with van der Waals surface area (Å²) in [6.07, 6.45) is 3.89. The largest absolute Gasteiger partial charge is 0.368 e. The number of aryl methyl sites for hydroxylation is 1. The second-order valence-corrected chi connectivity index (χ2v) is 8.65. The first-order chi connectivity index (χ1) is 15.4. The number of aromatic nitrogens is 4. The Hall–Kier alpha value is -3.18. The molecule has 3 aromatic rings. The molecule has 1 aliphatic heterocycles. The van der Waals surface area contributed by atoms with Gasteiger partial charge in [-0.25, -0.2) is 24.3 Å². The maximum Gasteiger partial charge on any atom is 0.229 e. The number of rotatable bonds is 7. The number of nitrogens with one attached hydrogen (secondary N) is 1. The molecule has 1 saturated heterocycles. The summed E-state index contributed by atoms with van der Waals surface area (Å²) in [5, 5.41) is 3.84. The lowest BCUT2D eigenvalue weighted by Crippen LogP contribution is -2.46. The highest BCUT2D eigenvalue weighted by molar-refractivity contribution is 7.19. The van der Waals surface area contributed by atoms with E-state index in [9.17, 15) is 9.18 Å². The van der Waals surface area contributed by atoms with Crippen LogP contribution >= 0.6 is 11.3 Å². The highest BCUT2D eigenvalue weighted by Crippen LogP contribution is 2.34. The fourth-order valence-corrected chi connectivity index (χ4v) is 4.42. The average Bonchev–Trinajstić information content (AvgIpc) is 3.18. The first-order valence-electron chi connectivity index (χ1n) is 10.3. The molecule has 0 bridgehead atoms. The van der Waals surface area contributed by atoms with Crippen LogP contribution in [0.1, 0.15) is 5.69 Å². The molecule has 0 amide bonds. The van der Waals surface area contributed by atoms with E-state index in [1.807, 2.05) is 38.1 Å². The number of hydrogen-bond acceptors (Lipinski definition) is 10. The van der Waals surface area contributed by atoms with Gasteiger partial charge in [-0.15, -0.1) is 0 Å². The Morgan fingerprint density at radius 1 is 1.16 bits per heavy atom. The second-order valence-electron chi connectivity index (χ2n) is 7.68. The van der Waals surface area contributed by atoms with E-state index in [0.29, 0.717) is 17.2 Å². The van der Waals surface area contributed by atoms with Gasteiger partial charge in [0.15, 0.2) is 10.9 Å². The molecule has 1 fully saturated rings. The first kappa shape index (κ1) is 22.0. The highest BCUT2D eigenvalue weighted by Gasteiger charge is 2.19. The van der Waals surface area contributed by atoms with Gasteiger partial charge in [0, 0.05) is 40.3 Å². The third kappa shape index (κ3) is 4.83. The molecule has 4 rings (SSSR count). The van der Waals surface area contributed by atoms with E-state index < -0.39 is 5.82 Å². The molecule has 3 aromatic heterocycles. The van der Waals surface area contributed by atoms with Crippen molar-refractivity contribution in [3.05, 3.63) is 36.0 Å². The summed E-state index contributed by atoms with van der Waals surface area (Å²) in [6, 6.07) is 3.83. The standard InChI is InChI=1S/C21H25FN8OS/c1-14-19(32-21(25-14)28(2)3)18-16(22)13-24-20(27-18)26-17-5-4-15(12-23-17)30-8-6-29(7-9-30)10-11-31/h4-5,11-13H,6-10H2,1-3H3,(H,23,24,26,27). The minimum atomic E-state index is -0.496. The lowest BCUT2D eigenvalue weighted by atomic mass is 10.2. The molecule has 0 spiro atoms. The number of pyridine rings is 1. The lowest BCUT2D eigenvalue weighted by molar-refractivity contribution is -0.108. The van der Waals surface area contributed by atoms with Gasteiger partial charge in [0.2, 0.25) is 5.95 Å². The number of piperazine rings is 1. The van der Waals surface area contributed by atoms with Crippen LogP contribution in [0.5, 0.6) is 0 Å². The van der Waals surface area contributed by atoms with Gasteiger partial charge in [-0.2, -0.15) is 0 Å². The van der Waals surface area contributed by atoms with Crippen LogP contribution in [0, 0.1) is 12.7 Å². The Morgan fingerprint density at radius 3 is 2.56 bits per heavy atom. The molecular weight excluding hydrogens is 431 g/mol. The Kier molecular flexibility index (Phi) is 6.56. The van der Waals surface area contributed by atoms with E-state index in [0.717, 1.165) is 55.2 Å². The zero-order valence-corrected chi connectivity index (χ0v) is 19.1. The van der Waals surface area contributed by atoms with Crippen LogP contribution in [0.15, 0.2) is 24.5 Å². The van der Waals surface area contributed by atoms with Crippen molar-refractivity contribution >= 4 is 40.2 Å². The first-order valence-corrected chi connectivity index (χ1v) is 11.1. The van der Waals surface area contributed by atoms with Crippen LogP contribution in [-0.4, -0.2) is 77.9 Å². The molecule has 1 aliphatic rings. The number of anilines is 4. The molecule has 168 valence electrons. The summed E-state index contributed by atoms with van der Waals surface area (Å²) in [4.78, 5) is 35.0. The molecule has 0 atom stereocenters. The topological polar surface area (TPSA) is 90.4 Å². The predicted octanol–water partition coefficient (Wildman–Crippen LogP) is 2.57. The Balaban J connectivity index is 1.47. The van der Waals surface area contributed by atoms with E-state index in [1.165, 1.54) is 11.3 Å². The number of aldehydes is 1. The van der Waals surface area contributed by atoms with E-state index in [1.54, 1.807) is 6.20 Å². The van der Waals surface area contributed by atoms with Gasteiger partial charge in [-0.3, -0.25) is 4.90 Å². The van der Waals surface area contributed by atoms with Crippen LogP contribution in [0.2, 0.25) is 0 Å². The summed E-state index contributed by atoms with van der Waals surface area (Å²) in [6.45, 7) is 5.69. The van der Waals surface area contributed by atoms with Crippen LogP contribution in [-0.2, 0) is 4.79 Å². The highest BCUT2D eigenvalue weighted by atomic mass is 32.1. The van der Waals surface area contributed by atoms with Crippen LogP contribution in [0.25, 0.3) is 10.6 Å². The monoisotopic (exact) mass is 456 g/mol. The van der Waals surface area contributed by atoms with E-state index in [-0.39, 0.29) is 11.6 Å². The van der Waals surface area contributed by atoms with Crippen molar-refractivity contribution < 1.29 is 9.18 Å². The molecule has 32 heavy (non-hydrogen) atoms. The number of thiazole rings is 1. The third-order valence-corrected chi connectivity index (χ3v) is 6.52. The second kappa shape index (κ2) is 9.53. The van der Waals surface area contributed by atoms with Crippen LogP contribution in [0.4, 0.5) is 27.0 Å². The minimum Gasteiger partial charge on any atom is -0.368 e. The Bertz CT molecular complexity index is 1080. The molecule has 11 heteroatoms. The quantitative estimate of drug-likeness (QED) is 0.539. The fraction of sp³-hybridized carbons (Fsp3) is 0.381. The summed E-state index contributed by atoms with van der Waals surface area (Å²) in [5.74, 6) is 0.342. The number of carbonyl (C=O) groups is 1.